The molecule has 9 radical (unpaired) electrons. The van der Waals surface area contributed by atoms with E-state index in [9.17, 15) is 0 Å². The molecule has 0 aromatic heterocycles. The molecule has 0 aliphatic rings. The minimum absolute atomic E-state index is 0. The van der Waals surface area contributed by atoms with Crippen molar-refractivity contribution in [2.75, 3.05) is 0 Å². The van der Waals surface area contributed by atoms with Gasteiger partial charge in [0.05, 0.1) is 0 Å². The summed E-state index contributed by atoms with van der Waals surface area (Å²) < 4.78 is 0. The van der Waals surface area contributed by atoms with E-state index >= 15 is 0 Å². The third kappa shape index (κ3) is 12.2. The van der Waals surface area contributed by atoms with E-state index in [1.165, 1.54) is 0 Å². The fraction of sp³-hybridized carbons (Fsp3) is 0. The van der Waals surface area contributed by atoms with E-state index in [1.807, 2.05) is 0 Å². The second-order valence-electron chi connectivity index (χ2n) is 0. The van der Waals surface area contributed by atoms with Crippen molar-refractivity contribution >= 4 is 9.90 Å². The van der Waals surface area contributed by atoms with Gasteiger partial charge in [-0.25, -0.2) is 0 Å². The van der Waals surface area contributed by atoms with Gasteiger partial charge in [-0.15, -0.1) is 0 Å². The van der Waals surface area contributed by atoms with Gasteiger partial charge in [0.1, 0.15) is 0 Å². The van der Waals surface area contributed by atoms with Gasteiger partial charge < -0.3 is 0 Å². The van der Waals surface area contributed by atoms with Crippen molar-refractivity contribution in [2.45, 2.75) is 0 Å². The Morgan fingerprint density at radius 2 is 0.750 bits per heavy atom. The SMILES string of the molecule is [N].[N].[P].[Ru]. The molecule has 4 heavy (non-hydrogen) atoms. The molecule has 0 bridgehead atoms. The van der Waals surface area contributed by atoms with Crippen LogP contribution in [0.5, 0.6) is 0 Å². The largest absolute Gasteiger partial charge is 0 e. The number of hydrogen-bond donors (Lipinski definition) is 0. The van der Waals surface area contributed by atoms with Crippen LogP contribution in [-0.4, -0.2) is 0 Å². The van der Waals surface area contributed by atoms with E-state index in [0.29, 0.717) is 0 Å². The summed E-state index contributed by atoms with van der Waals surface area (Å²) in [6, 6.07) is 0. The third-order valence-corrected chi connectivity index (χ3v) is 0. The van der Waals surface area contributed by atoms with Crippen molar-refractivity contribution in [1.82, 2.24) is 12.3 Å². The molecule has 0 saturated carbocycles. The summed E-state index contributed by atoms with van der Waals surface area (Å²) in [7, 11) is 0. The van der Waals surface area contributed by atoms with Crippen molar-refractivity contribution < 1.29 is 19.5 Å². The zero-order valence-corrected chi connectivity index (χ0v) is 4.33. The molecule has 0 N–H and O–H groups in total. The summed E-state index contributed by atoms with van der Waals surface area (Å²) in [6.45, 7) is 0. The molecule has 0 fully saturated rings. The van der Waals surface area contributed by atoms with Crippen LogP contribution in [0.15, 0.2) is 0 Å². The maximum absolute atomic E-state index is 0. The molecule has 0 aliphatic carbocycles. The monoisotopic (exact) mass is 161 g/mol. The zero-order chi connectivity index (χ0) is 0. The molecule has 0 spiro atoms. The fourth-order valence-electron chi connectivity index (χ4n) is 0. The predicted molar refractivity (Wildman–Crippen MR) is 11.2 cm³/mol. The van der Waals surface area contributed by atoms with Crippen molar-refractivity contribution in [3.63, 3.8) is 0 Å². The maximum Gasteiger partial charge on any atom is 0 e. The Morgan fingerprint density at radius 1 is 0.750 bits per heavy atom. The van der Waals surface area contributed by atoms with Crippen LogP contribution >= 0.6 is 9.90 Å². The Balaban J connectivity index is 0. The zero-order valence-electron chi connectivity index (χ0n) is 1.70. The van der Waals surface area contributed by atoms with Crippen LogP contribution in [0.2, 0.25) is 0 Å². The Hall–Kier alpha value is 0.973. The first-order valence-corrected chi connectivity index (χ1v) is 0. The smallest absolute Gasteiger partial charge is 0 e. The molecular weight excluding hydrogens is 160 g/mol. The average Bonchev–Trinajstić information content (AvgIpc) is 0. The van der Waals surface area contributed by atoms with Crippen LogP contribution in [0.3, 0.4) is 0 Å². The molecule has 0 amide bonds. The van der Waals surface area contributed by atoms with Gasteiger partial charge in [-0.05, 0) is 0 Å². The molecular formula is N2PRu. The van der Waals surface area contributed by atoms with Crippen LogP contribution in [0.1, 0.15) is 0 Å². The first-order chi connectivity index (χ1) is 0. The van der Waals surface area contributed by atoms with Crippen LogP contribution < -0.4 is 12.3 Å². The summed E-state index contributed by atoms with van der Waals surface area (Å²) in [6.07, 6.45) is 0. The average molecular weight is 160 g/mol. The van der Waals surface area contributed by atoms with Crippen molar-refractivity contribution in [3.8, 4) is 0 Å². The van der Waals surface area contributed by atoms with Crippen LogP contribution in [0, 0.1) is 0 Å². The molecule has 0 rings (SSSR count). The predicted octanol–water partition coefficient (Wildman–Crippen LogP) is -0.103. The molecule has 0 heterocycles. The van der Waals surface area contributed by atoms with E-state index in [-0.39, 0.29) is 41.7 Å². The summed E-state index contributed by atoms with van der Waals surface area (Å²) in [4.78, 5) is 0. The second-order valence-corrected chi connectivity index (χ2v) is 0. The Labute approximate surface area is 42.3 Å². The van der Waals surface area contributed by atoms with E-state index in [2.05, 4.69) is 0 Å². The van der Waals surface area contributed by atoms with E-state index in [1.54, 1.807) is 0 Å². The quantitative estimate of drug-likeness (QED) is 0.351. The third-order valence-electron chi connectivity index (χ3n) is 0. The number of nitrogens with zero attached hydrogens (tertiary/aromatic N) is 2. The fourth-order valence-corrected chi connectivity index (χ4v) is 0. The standard InChI is InChI=1S/2N.P.Ru. The second kappa shape index (κ2) is 37.1. The molecule has 0 aromatic carbocycles. The minimum atomic E-state index is 0. The molecule has 0 aromatic rings. The van der Waals surface area contributed by atoms with Gasteiger partial charge in [0, 0.05) is 41.7 Å². The molecule has 0 saturated heterocycles. The number of hydrogen-bond acceptors (Lipinski definition) is 0. The minimum Gasteiger partial charge on any atom is 0 e. The molecule has 0 atom stereocenters. The molecule has 0 aliphatic heterocycles. The molecule has 4 heteroatoms. The van der Waals surface area contributed by atoms with Gasteiger partial charge in [-0.1, -0.05) is 0 Å². The summed E-state index contributed by atoms with van der Waals surface area (Å²) in [5.41, 5.74) is 0. The first kappa shape index (κ1) is 82.9. The Morgan fingerprint density at radius 3 is 0.750 bits per heavy atom. The normalized spacial score (nSPS) is 0. The topological polar surface area (TPSA) is 61.0 Å². The van der Waals surface area contributed by atoms with Crippen LogP contribution in [-0.2, 0) is 19.5 Å². The van der Waals surface area contributed by atoms with Gasteiger partial charge in [0.25, 0.3) is 0 Å². The van der Waals surface area contributed by atoms with Gasteiger partial charge >= 0.3 is 0 Å². The molecule has 2 nitrogen and oxygen atoms in total. The molecule has 0 unspecified atom stereocenters. The van der Waals surface area contributed by atoms with Crippen molar-refractivity contribution in [3.05, 3.63) is 0 Å². The van der Waals surface area contributed by atoms with Gasteiger partial charge in [0.15, 0.2) is 0 Å². The Bertz CT molecular complexity index is 6.00. The summed E-state index contributed by atoms with van der Waals surface area (Å²) in [5.74, 6) is 0. The van der Waals surface area contributed by atoms with E-state index in [0.717, 1.165) is 0 Å². The van der Waals surface area contributed by atoms with E-state index < -0.39 is 0 Å². The van der Waals surface area contributed by atoms with Gasteiger partial charge in [0.2, 0.25) is 0 Å². The molecule has 23 valence electrons. The van der Waals surface area contributed by atoms with Crippen molar-refractivity contribution in [1.29, 1.82) is 0 Å². The summed E-state index contributed by atoms with van der Waals surface area (Å²) >= 11 is 0. The maximum atomic E-state index is 0. The first-order valence-electron chi connectivity index (χ1n) is 0. The van der Waals surface area contributed by atoms with Gasteiger partial charge in [-0.3, -0.25) is 0 Å². The Kier molecular flexibility index (Phi) is 768. The van der Waals surface area contributed by atoms with Gasteiger partial charge in [-0.2, -0.15) is 0 Å². The van der Waals surface area contributed by atoms with Crippen molar-refractivity contribution in [2.24, 2.45) is 0 Å². The van der Waals surface area contributed by atoms with E-state index in [4.69, 9.17) is 0 Å². The summed E-state index contributed by atoms with van der Waals surface area (Å²) in [5, 5.41) is 0. The van der Waals surface area contributed by atoms with Crippen LogP contribution in [0.25, 0.3) is 0 Å². The van der Waals surface area contributed by atoms with Crippen LogP contribution in [0.4, 0.5) is 0 Å². The number of rotatable bonds is 0.